The zero-order valence-corrected chi connectivity index (χ0v) is 10.2. The van der Waals surface area contributed by atoms with Crippen molar-refractivity contribution in [2.24, 2.45) is 0 Å². The first-order chi connectivity index (χ1) is 8.67. The van der Waals surface area contributed by atoms with E-state index < -0.39 is 0 Å². The first kappa shape index (κ1) is 12.6. The van der Waals surface area contributed by atoms with Gasteiger partial charge < -0.3 is 9.47 Å². The third-order valence-corrected chi connectivity index (χ3v) is 2.52. The summed E-state index contributed by atoms with van der Waals surface area (Å²) in [5.74, 6) is 1.50. The Morgan fingerprint density at radius 1 is 0.889 bits per heavy atom. The molecule has 0 atom stereocenters. The molecule has 0 fully saturated rings. The van der Waals surface area contributed by atoms with E-state index in [2.05, 4.69) is 0 Å². The van der Waals surface area contributed by atoms with Gasteiger partial charge in [0.15, 0.2) is 0 Å². The van der Waals surface area contributed by atoms with E-state index >= 15 is 0 Å². The van der Waals surface area contributed by atoms with Crippen molar-refractivity contribution < 1.29 is 9.47 Å². The molecule has 0 aromatic heterocycles. The molecule has 0 saturated heterocycles. The predicted octanol–water partition coefficient (Wildman–Crippen LogP) is 0.862. The van der Waals surface area contributed by atoms with Crippen molar-refractivity contribution in [3.63, 3.8) is 0 Å². The number of hydrogen-bond donors (Lipinski definition) is 0. The lowest BCUT2D eigenvalue weighted by Crippen LogP contribution is -2.13. The van der Waals surface area contributed by atoms with E-state index in [1.165, 1.54) is 0 Å². The van der Waals surface area contributed by atoms with E-state index in [1.54, 1.807) is 25.3 Å². The summed E-state index contributed by atoms with van der Waals surface area (Å²) in [7, 11) is 13.0. The van der Waals surface area contributed by atoms with Crippen molar-refractivity contribution in [1.29, 1.82) is 0 Å². The number of benzene rings is 2. The van der Waals surface area contributed by atoms with E-state index in [1.807, 2.05) is 24.3 Å². The Hall–Kier alpha value is -1.83. The van der Waals surface area contributed by atoms with Crippen LogP contribution < -0.4 is 20.4 Å². The van der Waals surface area contributed by atoms with E-state index in [9.17, 15) is 0 Å². The average molecular weight is 234 g/mol. The molecule has 0 unspecified atom stereocenters. The van der Waals surface area contributed by atoms with Gasteiger partial charge in [0.05, 0.1) is 7.11 Å². The molecule has 0 aliphatic carbocycles. The summed E-state index contributed by atoms with van der Waals surface area (Å²) >= 11 is 0. The van der Waals surface area contributed by atoms with Crippen molar-refractivity contribution >= 4 is 26.6 Å². The Morgan fingerprint density at radius 2 is 1.50 bits per heavy atom. The minimum absolute atomic E-state index is 0.465. The molecule has 4 radical (unpaired) electrons. The van der Waals surface area contributed by atoms with Gasteiger partial charge in [0.2, 0.25) is 0 Å². The van der Waals surface area contributed by atoms with Crippen LogP contribution >= 0.6 is 0 Å². The highest BCUT2D eigenvalue weighted by Crippen LogP contribution is 2.13. The molecule has 2 nitrogen and oxygen atoms in total. The largest absolute Gasteiger partial charge is 0.497 e. The van der Waals surface area contributed by atoms with Gasteiger partial charge >= 0.3 is 0 Å². The van der Waals surface area contributed by atoms with Crippen LogP contribution in [0.4, 0.5) is 0 Å². The van der Waals surface area contributed by atoms with Gasteiger partial charge in [-0.25, -0.2) is 0 Å². The normalized spacial score (nSPS) is 10.1. The van der Waals surface area contributed by atoms with E-state index in [4.69, 9.17) is 25.2 Å². The summed E-state index contributed by atoms with van der Waals surface area (Å²) < 4.78 is 10.7. The lowest BCUT2D eigenvalue weighted by Gasteiger charge is -2.09. The van der Waals surface area contributed by atoms with Gasteiger partial charge in [-0.05, 0) is 29.8 Å². The van der Waals surface area contributed by atoms with Crippen LogP contribution in [0.3, 0.4) is 0 Å². The minimum Gasteiger partial charge on any atom is -0.497 e. The Bertz CT molecular complexity index is 504. The summed E-state index contributed by atoms with van der Waals surface area (Å²) in [5.41, 5.74) is 2.25. The standard InChI is InChI=1S/C14H12B2O2/c1-17-13-4-2-10(3-5-13)9-18-14-7-11(15)6-12(16)8-14/h2-8H,9H2,1H3. The Morgan fingerprint density at radius 3 is 2.06 bits per heavy atom. The van der Waals surface area contributed by atoms with Crippen LogP contribution in [0, 0.1) is 0 Å². The monoisotopic (exact) mass is 234 g/mol. The van der Waals surface area contributed by atoms with Crippen LogP contribution in [0.2, 0.25) is 0 Å². The Labute approximate surface area is 110 Å². The lowest BCUT2D eigenvalue weighted by molar-refractivity contribution is 0.306. The highest BCUT2D eigenvalue weighted by atomic mass is 16.5. The second-order valence-electron chi connectivity index (χ2n) is 3.97. The topological polar surface area (TPSA) is 18.5 Å². The molecule has 0 bridgehead atoms. The van der Waals surface area contributed by atoms with Gasteiger partial charge in [0, 0.05) is 0 Å². The number of ether oxygens (including phenoxy) is 2. The molecular formula is C14H12B2O2. The van der Waals surface area contributed by atoms with Crippen molar-refractivity contribution in [1.82, 2.24) is 0 Å². The summed E-state index contributed by atoms with van der Waals surface area (Å²) in [4.78, 5) is 0. The molecule has 2 aromatic rings. The van der Waals surface area contributed by atoms with Crippen LogP contribution in [0.15, 0.2) is 42.5 Å². The van der Waals surface area contributed by atoms with E-state index in [0.29, 0.717) is 23.3 Å². The molecule has 0 spiro atoms. The molecule has 0 amide bonds. The minimum atomic E-state index is 0.465. The first-order valence-corrected chi connectivity index (χ1v) is 5.59. The maximum atomic E-state index is 5.69. The van der Waals surface area contributed by atoms with Crippen LogP contribution in [0.5, 0.6) is 11.5 Å². The third-order valence-electron chi connectivity index (χ3n) is 2.52. The van der Waals surface area contributed by atoms with Crippen LogP contribution in [-0.2, 0) is 6.61 Å². The molecule has 0 aliphatic rings. The van der Waals surface area contributed by atoms with Crippen LogP contribution in [0.25, 0.3) is 0 Å². The maximum Gasteiger partial charge on any atom is 0.118 e. The van der Waals surface area contributed by atoms with Gasteiger partial charge in [0.25, 0.3) is 0 Å². The molecule has 86 valence electrons. The van der Waals surface area contributed by atoms with Crippen molar-refractivity contribution in [3.05, 3.63) is 48.0 Å². The van der Waals surface area contributed by atoms with Crippen LogP contribution in [0.1, 0.15) is 5.56 Å². The SMILES string of the molecule is [B]c1cc([B])cc(OCc2ccc(OC)cc2)c1. The molecular weight excluding hydrogens is 222 g/mol. The van der Waals surface area contributed by atoms with Crippen molar-refractivity contribution in [2.75, 3.05) is 7.11 Å². The van der Waals surface area contributed by atoms with E-state index in [-0.39, 0.29) is 0 Å². The van der Waals surface area contributed by atoms with Gasteiger partial charge in [0.1, 0.15) is 33.8 Å². The molecule has 4 heteroatoms. The second-order valence-corrected chi connectivity index (χ2v) is 3.97. The van der Waals surface area contributed by atoms with Gasteiger partial charge in [-0.3, -0.25) is 0 Å². The molecule has 2 rings (SSSR count). The molecule has 0 saturated carbocycles. The maximum absolute atomic E-state index is 5.69. The summed E-state index contributed by atoms with van der Waals surface area (Å²) in [6.07, 6.45) is 0. The zero-order chi connectivity index (χ0) is 13.0. The average Bonchev–Trinajstić information content (AvgIpc) is 2.36. The molecule has 0 aliphatic heterocycles. The summed E-state index contributed by atoms with van der Waals surface area (Å²) in [6.45, 7) is 0.465. The number of methoxy groups -OCH3 is 1. The fraction of sp³-hybridized carbons (Fsp3) is 0.143. The number of rotatable bonds is 4. The summed E-state index contributed by atoms with van der Waals surface area (Å²) in [6, 6.07) is 12.9. The van der Waals surface area contributed by atoms with Gasteiger partial charge in [-0.2, -0.15) is 0 Å². The quantitative estimate of drug-likeness (QED) is 0.730. The number of hydrogen-bond acceptors (Lipinski definition) is 2. The third kappa shape index (κ3) is 3.33. The second kappa shape index (κ2) is 5.67. The Balaban J connectivity index is 2.01. The predicted molar refractivity (Wildman–Crippen MR) is 74.5 cm³/mol. The van der Waals surface area contributed by atoms with Crippen LogP contribution in [-0.4, -0.2) is 22.8 Å². The first-order valence-electron chi connectivity index (χ1n) is 5.59. The summed E-state index contributed by atoms with van der Waals surface area (Å²) in [5, 5.41) is 0. The molecule has 0 heterocycles. The highest BCUT2D eigenvalue weighted by molar-refractivity contribution is 6.38. The lowest BCUT2D eigenvalue weighted by atomic mass is 9.87. The zero-order valence-electron chi connectivity index (χ0n) is 10.2. The van der Waals surface area contributed by atoms with Crippen molar-refractivity contribution in [3.8, 4) is 11.5 Å². The van der Waals surface area contributed by atoms with E-state index in [0.717, 1.165) is 11.3 Å². The highest BCUT2D eigenvalue weighted by Gasteiger charge is 1.98. The van der Waals surface area contributed by atoms with Gasteiger partial charge in [-0.15, -0.1) is 0 Å². The van der Waals surface area contributed by atoms with Crippen molar-refractivity contribution in [2.45, 2.75) is 6.61 Å². The van der Waals surface area contributed by atoms with Gasteiger partial charge in [-0.1, -0.05) is 29.1 Å². The smallest absolute Gasteiger partial charge is 0.118 e. The molecule has 2 aromatic carbocycles. The fourth-order valence-electron chi connectivity index (χ4n) is 1.62. The molecule has 0 N–H and O–H groups in total. The molecule has 18 heavy (non-hydrogen) atoms. The Kier molecular flexibility index (Phi) is 3.98. The fourth-order valence-corrected chi connectivity index (χ4v) is 1.62.